The van der Waals surface area contributed by atoms with Crippen LogP contribution < -0.4 is 22.1 Å². The third-order valence-corrected chi connectivity index (χ3v) is 3.04. The molecule has 8 heteroatoms. The molecule has 1 aromatic rings. The number of benzene rings is 1. The average Bonchev–Trinajstić information content (AvgIpc) is 2.41. The Morgan fingerprint density at radius 1 is 1.43 bits per heavy atom. The first-order valence-electron chi connectivity index (χ1n) is 6.28. The van der Waals surface area contributed by atoms with Crippen molar-refractivity contribution in [2.75, 3.05) is 31.3 Å². The van der Waals surface area contributed by atoms with Gasteiger partial charge >= 0.3 is 0 Å². The number of primary amides is 1. The molecular formula is C13H19ClN4O3. The number of carbonyl (C=O) groups is 2. The zero-order valence-corrected chi connectivity index (χ0v) is 12.7. The van der Waals surface area contributed by atoms with Gasteiger partial charge in [-0.1, -0.05) is 11.6 Å². The van der Waals surface area contributed by atoms with Crippen LogP contribution >= 0.6 is 11.6 Å². The molecule has 0 fully saturated rings. The van der Waals surface area contributed by atoms with Crippen LogP contribution in [0.25, 0.3) is 0 Å². The van der Waals surface area contributed by atoms with E-state index in [1.54, 1.807) is 14.0 Å². The van der Waals surface area contributed by atoms with Crippen LogP contribution in [0.5, 0.6) is 0 Å². The van der Waals surface area contributed by atoms with Gasteiger partial charge < -0.3 is 26.8 Å². The zero-order chi connectivity index (χ0) is 16.0. The topological polar surface area (TPSA) is 119 Å². The minimum atomic E-state index is -0.682. The summed E-state index contributed by atoms with van der Waals surface area (Å²) in [6.07, 6.45) is 0. The Morgan fingerprint density at radius 3 is 2.67 bits per heavy atom. The van der Waals surface area contributed by atoms with Crippen molar-refractivity contribution in [1.82, 2.24) is 5.32 Å². The number of hydrogen-bond donors (Lipinski definition) is 4. The number of nitrogens with one attached hydrogen (secondary N) is 2. The van der Waals surface area contributed by atoms with Crippen LogP contribution in [-0.4, -0.2) is 38.1 Å². The van der Waals surface area contributed by atoms with E-state index in [1.807, 2.05) is 0 Å². The van der Waals surface area contributed by atoms with Crippen molar-refractivity contribution in [2.24, 2.45) is 5.73 Å². The van der Waals surface area contributed by atoms with Crippen molar-refractivity contribution in [2.45, 2.75) is 13.0 Å². The molecule has 0 radical (unpaired) electrons. The van der Waals surface area contributed by atoms with Crippen LogP contribution in [0.1, 0.15) is 17.3 Å². The molecule has 6 N–H and O–H groups in total. The fourth-order valence-corrected chi connectivity index (χ4v) is 1.96. The quantitative estimate of drug-likeness (QED) is 0.433. The largest absolute Gasteiger partial charge is 0.399 e. The van der Waals surface area contributed by atoms with Gasteiger partial charge in [-0.25, -0.2) is 0 Å². The van der Waals surface area contributed by atoms with Gasteiger partial charge in [0.1, 0.15) is 6.04 Å². The van der Waals surface area contributed by atoms with Crippen LogP contribution in [-0.2, 0) is 9.53 Å². The zero-order valence-electron chi connectivity index (χ0n) is 11.9. The van der Waals surface area contributed by atoms with E-state index in [0.717, 1.165) is 0 Å². The van der Waals surface area contributed by atoms with E-state index in [4.69, 9.17) is 27.8 Å². The highest BCUT2D eigenvalue weighted by Crippen LogP contribution is 2.29. The van der Waals surface area contributed by atoms with Crippen molar-refractivity contribution < 1.29 is 14.3 Å². The molecule has 0 aliphatic carbocycles. The Hall–Kier alpha value is -1.99. The predicted octanol–water partition coefficient (Wildman–Crippen LogP) is 0.584. The minimum absolute atomic E-state index is 0.136. The van der Waals surface area contributed by atoms with E-state index in [0.29, 0.717) is 18.8 Å². The van der Waals surface area contributed by atoms with Gasteiger partial charge in [-0.3, -0.25) is 9.59 Å². The van der Waals surface area contributed by atoms with Crippen LogP contribution in [0.3, 0.4) is 0 Å². The van der Waals surface area contributed by atoms with Gasteiger partial charge in [0.2, 0.25) is 5.91 Å². The number of nitrogens with two attached hydrogens (primary N) is 2. The maximum absolute atomic E-state index is 11.9. The molecule has 2 amide bonds. The third kappa shape index (κ3) is 4.80. The first kappa shape index (κ1) is 17.1. The molecule has 1 atom stereocenters. The number of ether oxygens (including phenoxy) is 1. The minimum Gasteiger partial charge on any atom is -0.399 e. The highest BCUT2D eigenvalue weighted by Gasteiger charge is 2.18. The van der Waals surface area contributed by atoms with E-state index in [1.165, 1.54) is 12.1 Å². The first-order chi connectivity index (χ1) is 9.86. The molecule has 116 valence electrons. The van der Waals surface area contributed by atoms with Gasteiger partial charge in [0.05, 0.1) is 22.9 Å². The summed E-state index contributed by atoms with van der Waals surface area (Å²) >= 11 is 6.05. The van der Waals surface area contributed by atoms with Gasteiger partial charge in [-0.15, -0.1) is 0 Å². The standard InChI is InChI=1S/C13H19ClN4O3/c1-7(13(20)17-3-4-21-2)18-11-9(12(16)19)5-8(15)6-10(11)14/h5-7,18H,3-4,15H2,1-2H3,(H2,16,19)(H,17,20). The van der Waals surface area contributed by atoms with E-state index in [2.05, 4.69) is 10.6 Å². The normalized spacial score (nSPS) is 11.8. The number of nitrogen functional groups attached to an aromatic ring is 1. The van der Waals surface area contributed by atoms with E-state index in [-0.39, 0.29) is 22.2 Å². The highest BCUT2D eigenvalue weighted by molar-refractivity contribution is 6.34. The summed E-state index contributed by atoms with van der Waals surface area (Å²) in [6, 6.07) is 2.28. The average molecular weight is 315 g/mol. The Kier molecular flexibility index (Phi) is 6.26. The highest BCUT2D eigenvalue weighted by atomic mass is 35.5. The molecule has 0 aliphatic heterocycles. The third-order valence-electron chi connectivity index (χ3n) is 2.74. The first-order valence-corrected chi connectivity index (χ1v) is 6.66. The summed E-state index contributed by atoms with van der Waals surface area (Å²) in [5, 5.41) is 5.77. The molecular weight excluding hydrogens is 296 g/mol. The molecule has 0 spiro atoms. The number of amides is 2. The molecule has 1 aromatic carbocycles. The van der Waals surface area contributed by atoms with Crippen LogP contribution in [0.2, 0.25) is 5.02 Å². The summed E-state index contributed by atoms with van der Waals surface area (Å²) in [5.74, 6) is -0.936. The molecule has 0 heterocycles. The summed E-state index contributed by atoms with van der Waals surface area (Å²) in [6.45, 7) is 2.44. The SMILES string of the molecule is COCCNC(=O)C(C)Nc1c(Cl)cc(N)cc1C(N)=O. The Balaban J connectivity index is 2.87. The molecule has 0 saturated heterocycles. The molecule has 1 unspecified atom stereocenters. The number of anilines is 2. The molecule has 0 saturated carbocycles. The van der Waals surface area contributed by atoms with Crippen molar-refractivity contribution in [3.05, 3.63) is 22.7 Å². The number of carbonyl (C=O) groups excluding carboxylic acids is 2. The van der Waals surface area contributed by atoms with Gasteiger partial charge in [0.25, 0.3) is 5.91 Å². The molecule has 0 aromatic heterocycles. The molecule has 0 aliphatic rings. The number of halogens is 1. The number of methoxy groups -OCH3 is 1. The monoisotopic (exact) mass is 314 g/mol. The van der Waals surface area contributed by atoms with Crippen molar-refractivity contribution >= 4 is 34.8 Å². The van der Waals surface area contributed by atoms with Gasteiger partial charge in [0, 0.05) is 19.3 Å². The Bertz CT molecular complexity index is 536. The second-order valence-electron chi connectivity index (χ2n) is 4.44. The summed E-state index contributed by atoms with van der Waals surface area (Å²) < 4.78 is 4.84. The Labute approximate surface area is 128 Å². The summed E-state index contributed by atoms with van der Waals surface area (Å²) in [5.41, 5.74) is 11.7. The molecule has 21 heavy (non-hydrogen) atoms. The summed E-state index contributed by atoms with van der Waals surface area (Å²) in [7, 11) is 1.54. The van der Waals surface area contributed by atoms with E-state index in [9.17, 15) is 9.59 Å². The lowest BCUT2D eigenvalue weighted by molar-refractivity contribution is -0.121. The van der Waals surface area contributed by atoms with E-state index < -0.39 is 11.9 Å². The van der Waals surface area contributed by atoms with Crippen LogP contribution in [0.15, 0.2) is 12.1 Å². The maximum Gasteiger partial charge on any atom is 0.250 e. The second kappa shape index (κ2) is 7.70. The lowest BCUT2D eigenvalue weighted by Gasteiger charge is -2.18. The fourth-order valence-electron chi connectivity index (χ4n) is 1.68. The molecule has 1 rings (SSSR count). The molecule has 0 bridgehead atoms. The van der Waals surface area contributed by atoms with Crippen molar-refractivity contribution in [3.8, 4) is 0 Å². The smallest absolute Gasteiger partial charge is 0.250 e. The van der Waals surface area contributed by atoms with Gasteiger partial charge in [-0.05, 0) is 19.1 Å². The Morgan fingerprint density at radius 2 is 2.10 bits per heavy atom. The van der Waals surface area contributed by atoms with Gasteiger partial charge in [-0.2, -0.15) is 0 Å². The van der Waals surface area contributed by atoms with E-state index >= 15 is 0 Å². The van der Waals surface area contributed by atoms with Crippen LogP contribution in [0.4, 0.5) is 11.4 Å². The fraction of sp³-hybridized carbons (Fsp3) is 0.385. The van der Waals surface area contributed by atoms with Crippen LogP contribution in [0, 0.1) is 0 Å². The molecule has 7 nitrogen and oxygen atoms in total. The number of hydrogen-bond acceptors (Lipinski definition) is 5. The van der Waals surface area contributed by atoms with Crippen molar-refractivity contribution in [1.29, 1.82) is 0 Å². The van der Waals surface area contributed by atoms with Crippen molar-refractivity contribution in [3.63, 3.8) is 0 Å². The lowest BCUT2D eigenvalue weighted by atomic mass is 10.1. The second-order valence-corrected chi connectivity index (χ2v) is 4.85. The summed E-state index contributed by atoms with van der Waals surface area (Å²) in [4.78, 5) is 23.3. The predicted molar refractivity (Wildman–Crippen MR) is 82.4 cm³/mol. The maximum atomic E-state index is 11.9. The lowest BCUT2D eigenvalue weighted by Crippen LogP contribution is -2.39. The number of rotatable bonds is 7. The van der Waals surface area contributed by atoms with Gasteiger partial charge in [0.15, 0.2) is 0 Å².